The molecule has 0 aromatic heterocycles. The van der Waals surface area contributed by atoms with Gasteiger partial charge in [0.05, 0.1) is 12.7 Å². The Labute approximate surface area is 94.7 Å². The summed E-state index contributed by atoms with van der Waals surface area (Å²) in [5, 5.41) is 0. The van der Waals surface area contributed by atoms with Gasteiger partial charge in [-0.3, -0.25) is 0 Å². The highest BCUT2D eigenvalue weighted by Gasteiger charge is 2.29. The first-order valence-corrected chi connectivity index (χ1v) is 5.26. The van der Waals surface area contributed by atoms with Crippen LogP contribution in [0, 0.1) is 0 Å². The SMILES string of the molecule is CO/C(=C1\CC(C)OC1=O)c1ccccc1. The molecule has 1 atom stereocenters. The second-order valence-electron chi connectivity index (χ2n) is 3.80. The number of cyclic esters (lactones) is 1. The van der Waals surface area contributed by atoms with E-state index in [2.05, 4.69) is 0 Å². The molecule has 1 aliphatic heterocycles. The molecule has 0 N–H and O–H groups in total. The Hall–Kier alpha value is -1.77. The number of hydrogen-bond donors (Lipinski definition) is 0. The maximum atomic E-state index is 11.6. The largest absolute Gasteiger partial charge is 0.496 e. The topological polar surface area (TPSA) is 35.5 Å². The highest BCUT2D eigenvalue weighted by molar-refractivity contribution is 5.98. The number of carbonyl (C=O) groups is 1. The van der Waals surface area contributed by atoms with Crippen LogP contribution in [0.25, 0.3) is 5.76 Å². The van der Waals surface area contributed by atoms with Gasteiger partial charge in [0.25, 0.3) is 0 Å². The van der Waals surface area contributed by atoms with Crippen molar-refractivity contribution in [3.05, 3.63) is 41.5 Å². The van der Waals surface area contributed by atoms with Crippen LogP contribution in [0.5, 0.6) is 0 Å². The normalized spacial score (nSPS) is 22.9. The van der Waals surface area contributed by atoms with Gasteiger partial charge in [0.1, 0.15) is 11.9 Å². The molecule has 1 aromatic rings. The molecule has 1 unspecified atom stereocenters. The van der Waals surface area contributed by atoms with Crippen LogP contribution >= 0.6 is 0 Å². The van der Waals surface area contributed by atoms with Gasteiger partial charge in [0.15, 0.2) is 0 Å². The number of carbonyl (C=O) groups excluding carboxylic acids is 1. The zero-order valence-electron chi connectivity index (χ0n) is 9.40. The summed E-state index contributed by atoms with van der Waals surface area (Å²) in [6.45, 7) is 1.88. The van der Waals surface area contributed by atoms with E-state index in [1.54, 1.807) is 7.11 Å². The fourth-order valence-corrected chi connectivity index (χ4v) is 1.86. The Morgan fingerprint density at radius 2 is 2.06 bits per heavy atom. The summed E-state index contributed by atoms with van der Waals surface area (Å²) in [6, 6.07) is 9.60. The van der Waals surface area contributed by atoms with Gasteiger partial charge in [-0.1, -0.05) is 30.3 Å². The molecule has 1 heterocycles. The minimum atomic E-state index is -0.270. The van der Waals surface area contributed by atoms with Gasteiger partial charge in [-0.25, -0.2) is 4.79 Å². The molecular weight excluding hydrogens is 204 g/mol. The first-order valence-electron chi connectivity index (χ1n) is 5.26. The molecule has 3 heteroatoms. The van der Waals surface area contributed by atoms with Gasteiger partial charge in [-0.05, 0) is 6.92 Å². The monoisotopic (exact) mass is 218 g/mol. The first kappa shape index (κ1) is 10.7. The lowest BCUT2D eigenvalue weighted by atomic mass is 10.1. The lowest BCUT2D eigenvalue weighted by Gasteiger charge is -2.07. The van der Waals surface area contributed by atoms with Crippen molar-refractivity contribution in [3.8, 4) is 0 Å². The molecule has 0 radical (unpaired) electrons. The maximum absolute atomic E-state index is 11.6. The first-order chi connectivity index (χ1) is 7.72. The van der Waals surface area contributed by atoms with Gasteiger partial charge in [0, 0.05) is 12.0 Å². The van der Waals surface area contributed by atoms with Crippen LogP contribution in [0.15, 0.2) is 35.9 Å². The molecule has 3 nitrogen and oxygen atoms in total. The molecule has 0 spiro atoms. The molecular formula is C13H14O3. The van der Waals surface area contributed by atoms with Crippen LogP contribution in [0.3, 0.4) is 0 Å². The minimum absolute atomic E-state index is 0.0589. The van der Waals surface area contributed by atoms with Gasteiger partial charge in [0.2, 0.25) is 0 Å². The van der Waals surface area contributed by atoms with Crippen molar-refractivity contribution in [2.45, 2.75) is 19.4 Å². The highest BCUT2D eigenvalue weighted by Crippen LogP contribution is 2.28. The van der Waals surface area contributed by atoms with Crippen LogP contribution in [-0.4, -0.2) is 19.2 Å². The quantitative estimate of drug-likeness (QED) is 0.434. The average molecular weight is 218 g/mol. The van der Waals surface area contributed by atoms with Crippen molar-refractivity contribution < 1.29 is 14.3 Å². The molecule has 84 valence electrons. The smallest absolute Gasteiger partial charge is 0.338 e. The van der Waals surface area contributed by atoms with Crippen LogP contribution in [-0.2, 0) is 14.3 Å². The summed E-state index contributed by atoms with van der Waals surface area (Å²) < 4.78 is 10.4. The summed E-state index contributed by atoms with van der Waals surface area (Å²) in [7, 11) is 1.58. The molecule has 0 aliphatic carbocycles. The zero-order chi connectivity index (χ0) is 11.5. The number of methoxy groups -OCH3 is 1. The fourth-order valence-electron chi connectivity index (χ4n) is 1.86. The van der Waals surface area contributed by atoms with Crippen LogP contribution in [0.2, 0.25) is 0 Å². The standard InChI is InChI=1S/C13H14O3/c1-9-8-11(13(14)16-9)12(15-2)10-6-4-3-5-7-10/h3-7,9H,8H2,1-2H3/b12-11+. The summed E-state index contributed by atoms with van der Waals surface area (Å²) >= 11 is 0. The van der Waals surface area contributed by atoms with E-state index in [0.717, 1.165) is 5.56 Å². The molecule has 0 bridgehead atoms. The molecule has 1 fully saturated rings. The van der Waals surface area contributed by atoms with Crippen molar-refractivity contribution in [1.82, 2.24) is 0 Å². The fraction of sp³-hybridized carbons (Fsp3) is 0.308. The average Bonchev–Trinajstić information content (AvgIpc) is 2.61. The second kappa shape index (κ2) is 4.39. The molecule has 16 heavy (non-hydrogen) atoms. The molecule has 2 rings (SSSR count). The summed E-state index contributed by atoms with van der Waals surface area (Å²) in [6.07, 6.45) is 0.549. The van der Waals surface area contributed by atoms with Gasteiger partial charge >= 0.3 is 5.97 Å². The third-order valence-electron chi connectivity index (χ3n) is 2.56. The van der Waals surface area contributed by atoms with Crippen molar-refractivity contribution in [1.29, 1.82) is 0 Å². The zero-order valence-corrected chi connectivity index (χ0v) is 9.40. The summed E-state index contributed by atoms with van der Waals surface area (Å²) in [5.41, 5.74) is 1.53. The van der Waals surface area contributed by atoms with Crippen LogP contribution in [0.1, 0.15) is 18.9 Å². The molecule has 0 amide bonds. The molecule has 0 saturated carbocycles. The Morgan fingerprint density at radius 1 is 1.38 bits per heavy atom. The van der Waals surface area contributed by atoms with E-state index in [0.29, 0.717) is 17.8 Å². The predicted octanol–water partition coefficient (Wildman–Crippen LogP) is 2.38. The van der Waals surface area contributed by atoms with Crippen molar-refractivity contribution in [2.75, 3.05) is 7.11 Å². The highest BCUT2D eigenvalue weighted by atomic mass is 16.6. The predicted molar refractivity (Wildman–Crippen MR) is 60.5 cm³/mol. The van der Waals surface area contributed by atoms with Gasteiger partial charge in [-0.15, -0.1) is 0 Å². The molecule has 1 aliphatic rings. The third-order valence-corrected chi connectivity index (χ3v) is 2.56. The lowest BCUT2D eigenvalue weighted by molar-refractivity contribution is -0.138. The van der Waals surface area contributed by atoms with E-state index >= 15 is 0 Å². The number of benzene rings is 1. The van der Waals surface area contributed by atoms with E-state index in [1.165, 1.54) is 0 Å². The van der Waals surface area contributed by atoms with E-state index in [4.69, 9.17) is 9.47 Å². The van der Waals surface area contributed by atoms with E-state index in [9.17, 15) is 4.79 Å². The van der Waals surface area contributed by atoms with Crippen LogP contribution < -0.4 is 0 Å². The lowest BCUT2D eigenvalue weighted by Crippen LogP contribution is -2.01. The van der Waals surface area contributed by atoms with Crippen molar-refractivity contribution in [3.63, 3.8) is 0 Å². The van der Waals surface area contributed by atoms with Gasteiger partial charge < -0.3 is 9.47 Å². The Kier molecular flexibility index (Phi) is 2.95. The van der Waals surface area contributed by atoms with Crippen molar-refractivity contribution >= 4 is 11.7 Å². The summed E-state index contributed by atoms with van der Waals surface area (Å²) in [4.78, 5) is 11.6. The Bertz CT molecular complexity index is 420. The maximum Gasteiger partial charge on any atom is 0.338 e. The Balaban J connectivity index is 2.43. The summed E-state index contributed by atoms with van der Waals surface area (Å²) in [5.74, 6) is 0.350. The van der Waals surface area contributed by atoms with Crippen molar-refractivity contribution in [2.24, 2.45) is 0 Å². The van der Waals surface area contributed by atoms with Crippen LogP contribution in [0.4, 0.5) is 0 Å². The minimum Gasteiger partial charge on any atom is -0.496 e. The van der Waals surface area contributed by atoms with E-state index in [-0.39, 0.29) is 12.1 Å². The number of esters is 1. The molecule has 1 saturated heterocycles. The second-order valence-corrected chi connectivity index (χ2v) is 3.80. The third kappa shape index (κ3) is 1.94. The number of ether oxygens (including phenoxy) is 2. The van der Waals surface area contributed by atoms with E-state index in [1.807, 2.05) is 37.3 Å². The molecule has 1 aromatic carbocycles. The van der Waals surface area contributed by atoms with E-state index < -0.39 is 0 Å². The Morgan fingerprint density at radius 3 is 2.56 bits per heavy atom. The number of hydrogen-bond acceptors (Lipinski definition) is 3. The van der Waals surface area contributed by atoms with Gasteiger partial charge in [-0.2, -0.15) is 0 Å². The number of rotatable bonds is 2.